The Balaban J connectivity index is 1.58. The number of imidazole rings is 1. The lowest BCUT2D eigenvalue weighted by Crippen LogP contribution is -2.42. The van der Waals surface area contributed by atoms with E-state index in [-0.39, 0.29) is 24.4 Å². The first-order chi connectivity index (χ1) is 16.2. The molecule has 174 valence electrons. The van der Waals surface area contributed by atoms with Crippen molar-refractivity contribution in [1.82, 2.24) is 19.8 Å². The van der Waals surface area contributed by atoms with E-state index in [1.165, 1.54) is 19.3 Å². The highest BCUT2D eigenvalue weighted by atomic mass is 16.2. The van der Waals surface area contributed by atoms with Gasteiger partial charge in [-0.05, 0) is 30.5 Å². The second-order valence-electron chi connectivity index (χ2n) is 8.86. The maximum atomic E-state index is 13.7. The first-order valence-corrected chi connectivity index (χ1v) is 12.2. The van der Waals surface area contributed by atoms with Gasteiger partial charge in [0.1, 0.15) is 12.4 Å². The molecule has 0 atom stereocenters. The summed E-state index contributed by atoms with van der Waals surface area (Å²) in [6, 6.07) is 18.5. The Morgan fingerprint density at radius 1 is 1.03 bits per heavy atom. The van der Waals surface area contributed by atoms with Crippen molar-refractivity contribution in [2.75, 3.05) is 6.54 Å². The fourth-order valence-electron chi connectivity index (χ4n) is 4.75. The van der Waals surface area contributed by atoms with Crippen LogP contribution >= 0.6 is 0 Å². The average molecular weight is 447 g/mol. The normalized spacial score (nSPS) is 14.3. The van der Waals surface area contributed by atoms with Gasteiger partial charge in [-0.1, -0.05) is 68.7 Å². The maximum absolute atomic E-state index is 13.7. The van der Waals surface area contributed by atoms with E-state index in [9.17, 15) is 9.59 Å². The molecular formula is C27H34N4O2. The van der Waals surface area contributed by atoms with Crippen LogP contribution in [0.4, 0.5) is 0 Å². The minimum Gasteiger partial charge on any atom is -0.356 e. The van der Waals surface area contributed by atoms with Gasteiger partial charge in [0.15, 0.2) is 0 Å². The molecule has 1 aliphatic carbocycles. The predicted octanol–water partition coefficient (Wildman–Crippen LogP) is 4.47. The third-order valence-electron chi connectivity index (χ3n) is 6.55. The van der Waals surface area contributed by atoms with Gasteiger partial charge >= 0.3 is 0 Å². The Morgan fingerprint density at radius 3 is 2.52 bits per heavy atom. The topological polar surface area (TPSA) is 67.2 Å². The summed E-state index contributed by atoms with van der Waals surface area (Å²) in [6.07, 6.45) is 6.81. The number of carbonyl (C=O) groups is 2. The molecule has 3 aromatic rings. The molecule has 1 N–H and O–H groups in total. The van der Waals surface area contributed by atoms with E-state index in [0.717, 1.165) is 35.3 Å². The number of benzene rings is 2. The fraction of sp³-hybridized carbons (Fsp3) is 0.444. The van der Waals surface area contributed by atoms with Crippen molar-refractivity contribution >= 4 is 22.8 Å². The first-order valence-electron chi connectivity index (χ1n) is 12.2. The molecule has 2 amide bonds. The lowest BCUT2D eigenvalue weighted by atomic mass is 9.93. The van der Waals surface area contributed by atoms with Crippen LogP contribution in [0.3, 0.4) is 0 Å². The number of rotatable bonds is 9. The molecule has 0 spiro atoms. The van der Waals surface area contributed by atoms with Crippen LogP contribution in [0.25, 0.3) is 11.0 Å². The van der Waals surface area contributed by atoms with Crippen LogP contribution in [0.1, 0.15) is 56.8 Å². The van der Waals surface area contributed by atoms with Gasteiger partial charge in [-0.3, -0.25) is 9.59 Å². The van der Waals surface area contributed by atoms with Gasteiger partial charge < -0.3 is 14.8 Å². The number of amides is 2. The van der Waals surface area contributed by atoms with Crippen molar-refractivity contribution in [3.8, 4) is 0 Å². The van der Waals surface area contributed by atoms with Crippen molar-refractivity contribution in [3.63, 3.8) is 0 Å². The molecule has 1 heterocycles. The Labute approximate surface area is 196 Å². The van der Waals surface area contributed by atoms with Crippen LogP contribution in [0, 0.1) is 0 Å². The van der Waals surface area contributed by atoms with E-state index in [4.69, 9.17) is 4.98 Å². The van der Waals surface area contributed by atoms with Gasteiger partial charge in [-0.25, -0.2) is 4.98 Å². The van der Waals surface area contributed by atoms with Crippen molar-refractivity contribution in [2.24, 2.45) is 0 Å². The number of nitrogens with one attached hydrogen (secondary N) is 1. The second kappa shape index (κ2) is 11.1. The molecule has 0 bridgehead atoms. The molecular weight excluding hydrogens is 412 g/mol. The summed E-state index contributed by atoms with van der Waals surface area (Å²) in [6.45, 7) is 3.26. The number of aromatic nitrogens is 2. The van der Waals surface area contributed by atoms with E-state index in [2.05, 4.69) is 22.3 Å². The summed E-state index contributed by atoms with van der Waals surface area (Å²) in [5, 5.41) is 2.93. The van der Waals surface area contributed by atoms with Gasteiger partial charge in [0.05, 0.1) is 11.0 Å². The number of nitrogens with zero attached hydrogens (tertiary/aromatic N) is 3. The molecule has 0 saturated heterocycles. The molecule has 1 saturated carbocycles. The molecule has 0 aliphatic heterocycles. The zero-order valence-electron chi connectivity index (χ0n) is 19.5. The molecule has 0 unspecified atom stereocenters. The van der Waals surface area contributed by atoms with Crippen LogP contribution < -0.4 is 5.32 Å². The third kappa shape index (κ3) is 5.81. The average Bonchev–Trinajstić information content (AvgIpc) is 3.20. The van der Waals surface area contributed by atoms with Gasteiger partial charge in [0.25, 0.3) is 0 Å². The molecule has 6 heteroatoms. The molecule has 1 fully saturated rings. The van der Waals surface area contributed by atoms with Crippen LogP contribution in [0.2, 0.25) is 0 Å². The fourth-order valence-corrected chi connectivity index (χ4v) is 4.75. The van der Waals surface area contributed by atoms with Crippen molar-refractivity contribution in [2.45, 2.75) is 71.0 Å². The minimum atomic E-state index is 0.0278. The largest absolute Gasteiger partial charge is 0.356 e. The van der Waals surface area contributed by atoms with Crippen LogP contribution in [-0.4, -0.2) is 38.9 Å². The molecule has 2 aromatic carbocycles. The number of hydrogen-bond donors (Lipinski definition) is 1. The van der Waals surface area contributed by atoms with Crippen LogP contribution in [0.5, 0.6) is 0 Å². The summed E-state index contributed by atoms with van der Waals surface area (Å²) >= 11 is 0. The number of carbonyl (C=O) groups excluding carboxylic acids is 2. The zero-order valence-corrected chi connectivity index (χ0v) is 19.5. The Bertz CT molecular complexity index is 1070. The second-order valence-corrected chi connectivity index (χ2v) is 8.86. The Hall–Kier alpha value is -3.15. The highest BCUT2D eigenvalue weighted by Gasteiger charge is 2.26. The number of para-hydroxylation sites is 2. The smallest absolute Gasteiger partial charge is 0.243 e. The zero-order chi connectivity index (χ0) is 23.0. The van der Waals surface area contributed by atoms with E-state index >= 15 is 0 Å². The molecule has 0 radical (unpaired) electrons. The summed E-state index contributed by atoms with van der Waals surface area (Å²) < 4.78 is 2.04. The summed E-state index contributed by atoms with van der Waals surface area (Å²) in [5.74, 6) is 0.997. The van der Waals surface area contributed by atoms with Crippen LogP contribution in [0.15, 0.2) is 54.6 Å². The highest BCUT2D eigenvalue weighted by Crippen LogP contribution is 2.25. The summed E-state index contributed by atoms with van der Waals surface area (Å²) in [5.41, 5.74) is 3.01. The van der Waals surface area contributed by atoms with Gasteiger partial charge in [0.2, 0.25) is 11.8 Å². The minimum absolute atomic E-state index is 0.0278. The van der Waals surface area contributed by atoms with Crippen molar-refractivity contribution in [3.05, 3.63) is 66.0 Å². The predicted molar refractivity (Wildman–Crippen MR) is 131 cm³/mol. The van der Waals surface area contributed by atoms with Gasteiger partial charge in [0, 0.05) is 32.0 Å². The molecule has 1 aliphatic rings. The Morgan fingerprint density at radius 2 is 1.76 bits per heavy atom. The third-order valence-corrected chi connectivity index (χ3v) is 6.55. The lowest BCUT2D eigenvalue weighted by Gasteiger charge is -2.35. The summed E-state index contributed by atoms with van der Waals surface area (Å²) in [7, 11) is 0. The quantitative estimate of drug-likeness (QED) is 0.527. The van der Waals surface area contributed by atoms with E-state index in [0.29, 0.717) is 25.9 Å². The first kappa shape index (κ1) is 23.0. The Kier molecular flexibility index (Phi) is 7.76. The van der Waals surface area contributed by atoms with E-state index in [1.807, 2.05) is 54.0 Å². The van der Waals surface area contributed by atoms with Crippen LogP contribution in [-0.2, 0) is 29.1 Å². The monoisotopic (exact) mass is 446 g/mol. The van der Waals surface area contributed by atoms with Gasteiger partial charge in [-0.2, -0.15) is 0 Å². The molecule has 33 heavy (non-hydrogen) atoms. The number of hydrogen-bond acceptors (Lipinski definition) is 3. The molecule has 4 rings (SSSR count). The highest BCUT2D eigenvalue weighted by molar-refractivity contribution is 5.81. The summed E-state index contributed by atoms with van der Waals surface area (Å²) in [4.78, 5) is 32.3. The lowest BCUT2D eigenvalue weighted by molar-refractivity contribution is -0.135. The van der Waals surface area contributed by atoms with Crippen molar-refractivity contribution in [1.29, 1.82) is 0 Å². The standard InChI is InChI=1S/C27H34N4O2/c1-2-26(32)28-18-17-25-29-23-15-9-10-16-24(23)31(25)20-27(33)30(22-13-7-4-8-14-22)19-21-11-5-3-6-12-21/h3,5-6,9-12,15-16,22H,2,4,7-8,13-14,17-20H2,1H3,(H,28,32). The molecule has 1 aromatic heterocycles. The van der Waals surface area contributed by atoms with E-state index < -0.39 is 0 Å². The molecule has 6 nitrogen and oxygen atoms in total. The number of fused-ring (bicyclic) bond motifs is 1. The van der Waals surface area contributed by atoms with E-state index in [1.54, 1.807) is 0 Å². The SMILES string of the molecule is CCC(=O)NCCc1nc2ccccc2n1CC(=O)N(Cc1ccccc1)C1CCCCC1. The van der Waals surface area contributed by atoms with Gasteiger partial charge in [-0.15, -0.1) is 0 Å². The maximum Gasteiger partial charge on any atom is 0.243 e. The van der Waals surface area contributed by atoms with Crippen molar-refractivity contribution < 1.29 is 9.59 Å².